The van der Waals surface area contributed by atoms with Crippen molar-refractivity contribution in [3.05, 3.63) is 51.7 Å². The molecule has 1 aromatic carbocycles. The normalized spacial score (nSPS) is 11.2. The number of benzene rings is 1. The Labute approximate surface area is 170 Å². The molecule has 3 aromatic rings. The zero-order valence-corrected chi connectivity index (χ0v) is 17.9. The van der Waals surface area contributed by atoms with Gasteiger partial charge in [-0.3, -0.25) is 4.79 Å². The van der Waals surface area contributed by atoms with Crippen LogP contribution in [-0.4, -0.2) is 48.0 Å². The van der Waals surface area contributed by atoms with Gasteiger partial charge in [0.2, 0.25) is 0 Å². The third kappa shape index (κ3) is 4.66. The first kappa shape index (κ1) is 20.2. The standard InChI is InChI=1S/C21H27N5OS/c1-13-14(2)28-21-18(13)19(24-15(3)25-21)23-12-16-6-8-17(9-7-16)20(27)22-10-11-26(4)5/h6-9H,10-12H2,1-5H3,(H,22,27)(H,23,24,25). The molecule has 28 heavy (non-hydrogen) atoms. The molecular weight excluding hydrogens is 370 g/mol. The van der Waals surface area contributed by atoms with Crippen LogP contribution in [-0.2, 0) is 6.54 Å². The van der Waals surface area contributed by atoms with Gasteiger partial charge in [0.15, 0.2) is 0 Å². The van der Waals surface area contributed by atoms with Crippen LogP contribution in [0.25, 0.3) is 10.2 Å². The van der Waals surface area contributed by atoms with Gasteiger partial charge in [0.05, 0.1) is 5.39 Å². The first-order chi connectivity index (χ1) is 13.3. The van der Waals surface area contributed by atoms with Crippen molar-refractivity contribution < 1.29 is 4.79 Å². The Bertz CT molecular complexity index is 979. The summed E-state index contributed by atoms with van der Waals surface area (Å²) >= 11 is 1.70. The molecule has 0 saturated heterocycles. The summed E-state index contributed by atoms with van der Waals surface area (Å²) in [5, 5.41) is 7.48. The van der Waals surface area contributed by atoms with Gasteiger partial charge < -0.3 is 15.5 Å². The maximum Gasteiger partial charge on any atom is 0.251 e. The molecule has 2 aromatic heterocycles. The van der Waals surface area contributed by atoms with Crippen LogP contribution >= 0.6 is 11.3 Å². The van der Waals surface area contributed by atoms with Crippen molar-refractivity contribution in [2.45, 2.75) is 27.3 Å². The van der Waals surface area contributed by atoms with E-state index in [0.29, 0.717) is 18.7 Å². The molecule has 148 valence electrons. The second-order valence-corrected chi connectivity index (χ2v) is 8.40. The number of nitrogens with zero attached hydrogens (tertiary/aromatic N) is 3. The molecule has 0 unspecified atom stereocenters. The fraction of sp³-hybridized carbons (Fsp3) is 0.381. The second-order valence-electron chi connectivity index (χ2n) is 7.19. The van der Waals surface area contributed by atoms with E-state index < -0.39 is 0 Å². The van der Waals surface area contributed by atoms with Gasteiger partial charge in [-0.25, -0.2) is 9.97 Å². The number of nitrogens with one attached hydrogen (secondary N) is 2. The molecule has 0 bridgehead atoms. The predicted octanol–water partition coefficient (Wildman–Crippen LogP) is 3.52. The summed E-state index contributed by atoms with van der Waals surface area (Å²) < 4.78 is 0. The summed E-state index contributed by atoms with van der Waals surface area (Å²) in [4.78, 5) is 25.7. The van der Waals surface area contributed by atoms with Crippen molar-refractivity contribution in [3.8, 4) is 0 Å². The highest BCUT2D eigenvalue weighted by molar-refractivity contribution is 7.18. The van der Waals surface area contributed by atoms with Crippen molar-refractivity contribution in [1.82, 2.24) is 20.2 Å². The number of carbonyl (C=O) groups is 1. The smallest absolute Gasteiger partial charge is 0.251 e. The predicted molar refractivity (Wildman–Crippen MR) is 116 cm³/mol. The van der Waals surface area contributed by atoms with Crippen molar-refractivity contribution in [2.24, 2.45) is 0 Å². The van der Waals surface area contributed by atoms with Crippen LogP contribution in [0.1, 0.15) is 32.2 Å². The molecule has 0 aliphatic carbocycles. The highest BCUT2D eigenvalue weighted by atomic mass is 32.1. The molecule has 0 aliphatic rings. The van der Waals surface area contributed by atoms with Gasteiger partial charge >= 0.3 is 0 Å². The van der Waals surface area contributed by atoms with E-state index in [1.807, 2.05) is 50.2 Å². The largest absolute Gasteiger partial charge is 0.365 e. The molecule has 0 spiro atoms. The van der Waals surface area contributed by atoms with Crippen molar-refractivity contribution >= 4 is 33.3 Å². The number of hydrogen-bond donors (Lipinski definition) is 2. The van der Waals surface area contributed by atoms with Gasteiger partial charge in [-0.15, -0.1) is 11.3 Å². The summed E-state index contributed by atoms with van der Waals surface area (Å²) in [6.07, 6.45) is 0. The number of amides is 1. The molecule has 7 heteroatoms. The van der Waals surface area contributed by atoms with Gasteiger partial charge in [0, 0.05) is 30.1 Å². The first-order valence-corrected chi connectivity index (χ1v) is 10.2. The highest BCUT2D eigenvalue weighted by Crippen LogP contribution is 2.33. The Balaban J connectivity index is 1.67. The number of thiophene rings is 1. The Hall–Kier alpha value is -2.51. The van der Waals surface area contributed by atoms with Crippen LogP contribution in [0.2, 0.25) is 0 Å². The van der Waals surface area contributed by atoms with Gasteiger partial charge in [0.1, 0.15) is 16.5 Å². The van der Waals surface area contributed by atoms with Crippen LogP contribution in [0.4, 0.5) is 5.82 Å². The summed E-state index contributed by atoms with van der Waals surface area (Å²) in [7, 11) is 3.97. The minimum absolute atomic E-state index is 0.0427. The number of aryl methyl sites for hydroxylation is 3. The molecule has 2 heterocycles. The SMILES string of the molecule is Cc1nc(NCc2ccc(C(=O)NCCN(C)C)cc2)c2c(C)c(C)sc2n1. The number of likely N-dealkylation sites (N-methyl/N-ethyl adjacent to an activating group) is 1. The second kappa shape index (κ2) is 8.67. The van der Waals surface area contributed by atoms with Crippen LogP contribution in [0, 0.1) is 20.8 Å². The molecule has 0 atom stereocenters. The lowest BCUT2D eigenvalue weighted by atomic mass is 10.1. The molecule has 0 saturated carbocycles. The van der Waals surface area contributed by atoms with Crippen LogP contribution in [0.15, 0.2) is 24.3 Å². The number of aromatic nitrogens is 2. The quantitative estimate of drug-likeness (QED) is 0.638. The van der Waals surface area contributed by atoms with Crippen LogP contribution < -0.4 is 10.6 Å². The Morgan fingerprint density at radius 3 is 2.50 bits per heavy atom. The Morgan fingerprint density at radius 2 is 1.82 bits per heavy atom. The van der Waals surface area contributed by atoms with Crippen LogP contribution in [0.5, 0.6) is 0 Å². The van der Waals surface area contributed by atoms with E-state index in [1.54, 1.807) is 11.3 Å². The molecule has 0 aliphatic heterocycles. The number of fused-ring (bicyclic) bond motifs is 1. The zero-order chi connectivity index (χ0) is 20.3. The lowest BCUT2D eigenvalue weighted by Crippen LogP contribution is -2.31. The van der Waals surface area contributed by atoms with E-state index in [2.05, 4.69) is 34.4 Å². The molecule has 0 fully saturated rings. The number of anilines is 1. The molecule has 6 nitrogen and oxygen atoms in total. The third-order valence-corrected chi connectivity index (χ3v) is 5.76. The van der Waals surface area contributed by atoms with E-state index in [1.165, 1.54) is 10.4 Å². The zero-order valence-electron chi connectivity index (χ0n) is 17.1. The van der Waals surface area contributed by atoms with E-state index >= 15 is 0 Å². The van der Waals surface area contributed by atoms with Crippen LogP contribution in [0.3, 0.4) is 0 Å². The van der Waals surface area contributed by atoms with E-state index in [-0.39, 0.29) is 5.91 Å². The average molecular weight is 398 g/mol. The molecule has 0 radical (unpaired) electrons. The first-order valence-electron chi connectivity index (χ1n) is 9.35. The Kier molecular flexibility index (Phi) is 6.26. The maximum atomic E-state index is 12.2. The fourth-order valence-electron chi connectivity index (χ4n) is 2.94. The minimum Gasteiger partial charge on any atom is -0.365 e. The molecule has 1 amide bonds. The molecule has 3 rings (SSSR count). The summed E-state index contributed by atoms with van der Waals surface area (Å²) in [6, 6.07) is 7.68. The highest BCUT2D eigenvalue weighted by Gasteiger charge is 2.13. The average Bonchev–Trinajstić information content (AvgIpc) is 2.93. The van der Waals surface area contributed by atoms with Gasteiger partial charge in [-0.05, 0) is 58.1 Å². The summed E-state index contributed by atoms with van der Waals surface area (Å²) in [5.74, 6) is 1.59. The maximum absolute atomic E-state index is 12.2. The third-order valence-electron chi connectivity index (χ3n) is 4.66. The summed E-state index contributed by atoms with van der Waals surface area (Å²) in [6.45, 7) is 8.24. The lowest BCUT2D eigenvalue weighted by molar-refractivity contribution is 0.0951. The molecule has 2 N–H and O–H groups in total. The topological polar surface area (TPSA) is 70.2 Å². The van der Waals surface area contributed by atoms with Crippen molar-refractivity contribution in [1.29, 1.82) is 0 Å². The van der Waals surface area contributed by atoms with Gasteiger partial charge in [-0.1, -0.05) is 12.1 Å². The fourth-order valence-corrected chi connectivity index (χ4v) is 4.01. The number of carbonyl (C=O) groups excluding carboxylic acids is 1. The number of rotatable bonds is 7. The minimum atomic E-state index is -0.0427. The van der Waals surface area contributed by atoms with E-state index in [9.17, 15) is 4.79 Å². The monoisotopic (exact) mass is 397 g/mol. The van der Waals surface area contributed by atoms with Gasteiger partial charge in [-0.2, -0.15) is 0 Å². The molecular formula is C21H27N5OS. The summed E-state index contributed by atoms with van der Waals surface area (Å²) in [5.41, 5.74) is 3.00. The van der Waals surface area contributed by atoms with Gasteiger partial charge in [0.25, 0.3) is 5.91 Å². The van der Waals surface area contributed by atoms with E-state index in [4.69, 9.17) is 0 Å². The Morgan fingerprint density at radius 1 is 1.11 bits per heavy atom. The van der Waals surface area contributed by atoms with Crippen molar-refractivity contribution in [3.63, 3.8) is 0 Å². The van der Waals surface area contributed by atoms with E-state index in [0.717, 1.165) is 34.0 Å². The number of hydrogen-bond acceptors (Lipinski definition) is 6. The van der Waals surface area contributed by atoms with Crippen molar-refractivity contribution in [2.75, 3.05) is 32.5 Å². The lowest BCUT2D eigenvalue weighted by Gasteiger charge is -2.11.